The van der Waals surface area contributed by atoms with Gasteiger partial charge in [-0.3, -0.25) is 40.2 Å². The molecular formula is C64H60Cl2N6O8. The van der Waals surface area contributed by atoms with Crippen molar-refractivity contribution in [1.29, 1.82) is 0 Å². The SMILES string of the molecule is C/N=C/c1cncc(COc2cc(OCc3cccc(-c4cccc(COc5cc(OCc6cncc(C7=NC7)c6)c(CNC(Cc6ccccc6)C(=O)O)cc5Cl)c4C)c3C)c(Cl)cc2CNC(Cc2ccccc2)C(=O)O)c1. The van der Waals surface area contributed by atoms with E-state index in [4.69, 9.17) is 42.1 Å². The van der Waals surface area contributed by atoms with E-state index in [0.29, 0.717) is 57.1 Å². The number of aliphatic carboxylic acids is 2. The number of nitrogens with zero attached hydrogens (tertiary/aromatic N) is 4. The maximum absolute atomic E-state index is 12.4. The lowest BCUT2D eigenvalue weighted by Crippen LogP contribution is -2.38. The Labute approximate surface area is 475 Å². The van der Waals surface area contributed by atoms with Crippen molar-refractivity contribution in [2.75, 3.05) is 13.6 Å². The van der Waals surface area contributed by atoms with Crippen molar-refractivity contribution >= 4 is 47.1 Å². The highest BCUT2D eigenvalue weighted by molar-refractivity contribution is 6.32. The highest BCUT2D eigenvalue weighted by Gasteiger charge is 2.23. The molecule has 2 atom stereocenters. The van der Waals surface area contributed by atoms with Gasteiger partial charge in [-0.25, -0.2) is 0 Å². The minimum atomic E-state index is -0.974. The van der Waals surface area contributed by atoms with Crippen molar-refractivity contribution in [3.63, 3.8) is 0 Å². The number of aromatic nitrogens is 2. The van der Waals surface area contributed by atoms with Crippen molar-refractivity contribution in [3.05, 3.63) is 235 Å². The summed E-state index contributed by atoms with van der Waals surface area (Å²) in [6.45, 7) is 5.90. The van der Waals surface area contributed by atoms with Crippen LogP contribution in [-0.4, -0.2) is 69.7 Å². The Morgan fingerprint density at radius 1 is 0.562 bits per heavy atom. The molecule has 0 saturated carbocycles. The smallest absolute Gasteiger partial charge is 0.321 e. The van der Waals surface area contributed by atoms with Crippen LogP contribution in [0, 0.1) is 13.8 Å². The second-order valence-electron chi connectivity index (χ2n) is 19.4. The van der Waals surface area contributed by atoms with Crippen LogP contribution in [0.15, 0.2) is 168 Å². The standard InChI is InChI=1S/C64H60Cl2N6O8/c1-40-47(38-79-61-26-59(77-36-45-20-44(28-67-3)29-68-30-45)50(24-54(61)65)33-70-56(63(73)74)22-42-12-6-4-7-13-42)16-10-18-52(40)53-19-11-17-48(41(53)2)39-80-62-27-60(78-37-46-21-49(32-69-31-46)58-35-72-58)51(25-55(62)66)34-71-57(64(75)76)23-43-14-8-5-9-15-43/h4-21,24-32,56-57,70-71H,22-23,33-39H2,1-3H3,(H,73,74)(H,75,76)/b67-28+. The number of ether oxygens (including phenoxy) is 4. The van der Waals surface area contributed by atoms with E-state index in [1.54, 1.807) is 62.3 Å². The molecule has 16 heteroatoms. The van der Waals surface area contributed by atoms with Crippen LogP contribution in [0.3, 0.4) is 0 Å². The summed E-state index contributed by atoms with van der Waals surface area (Å²) < 4.78 is 25.9. The topological polar surface area (TPSA) is 186 Å². The van der Waals surface area contributed by atoms with Crippen molar-refractivity contribution in [2.45, 2.75) is 78.3 Å². The van der Waals surface area contributed by atoms with Crippen LogP contribution in [0.4, 0.5) is 0 Å². The maximum Gasteiger partial charge on any atom is 0.321 e. The molecule has 0 saturated heterocycles. The van der Waals surface area contributed by atoms with Gasteiger partial charge in [0.25, 0.3) is 0 Å². The van der Waals surface area contributed by atoms with Gasteiger partial charge in [0, 0.05) is 96.7 Å². The Morgan fingerprint density at radius 3 is 1.49 bits per heavy atom. The Bertz CT molecular complexity index is 3540. The summed E-state index contributed by atoms with van der Waals surface area (Å²) in [6, 6.07) is 40.4. The molecular weight excluding hydrogens is 1050 g/mol. The van der Waals surface area contributed by atoms with Crippen LogP contribution in [0.25, 0.3) is 11.1 Å². The summed E-state index contributed by atoms with van der Waals surface area (Å²) in [6.07, 6.45) is 9.27. The Hall–Kier alpha value is -8.40. The van der Waals surface area contributed by atoms with Crippen molar-refractivity contribution in [2.24, 2.45) is 9.98 Å². The van der Waals surface area contributed by atoms with Crippen LogP contribution in [0.2, 0.25) is 10.0 Å². The Balaban J connectivity index is 0.915. The first-order valence-corrected chi connectivity index (χ1v) is 26.8. The number of hydrogen-bond donors (Lipinski definition) is 4. The van der Waals surface area contributed by atoms with Crippen LogP contribution < -0.4 is 29.6 Å². The zero-order valence-corrected chi connectivity index (χ0v) is 46.0. The lowest BCUT2D eigenvalue weighted by Gasteiger charge is -2.20. The van der Waals surface area contributed by atoms with E-state index in [1.807, 2.05) is 97.1 Å². The van der Waals surface area contributed by atoms with Gasteiger partial charge in [0.1, 0.15) is 61.5 Å². The average molecular weight is 1110 g/mol. The molecule has 14 nitrogen and oxygen atoms in total. The second kappa shape index (κ2) is 27.0. The number of benzene rings is 6. The van der Waals surface area contributed by atoms with Gasteiger partial charge in [-0.05, 0) is 95.5 Å². The number of nitrogens with one attached hydrogen (secondary N) is 2. The van der Waals surface area contributed by atoms with Gasteiger partial charge in [-0.2, -0.15) is 0 Å². The van der Waals surface area contributed by atoms with Gasteiger partial charge in [0.15, 0.2) is 0 Å². The van der Waals surface area contributed by atoms with Gasteiger partial charge >= 0.3 is 11.9 Å². The van der Waals surface area contributed by atoms with Crippen molar-refractivity contribution in [3.8, 4) is 34.1 Å². The van der Waals surface area contributed by atoms with E-state index < -0.39 is 24.0 Å². The molecule has 408 valence electrons. The van der Waals surface area contributed by atoms with E-state index in [0.717, 1.165) is 72.5 Å². The van der Waals surface area contributed by atoms with E-state index >= 15 is 0 Å². The number of rotatable bonds is 27. The highest BCUT2D eigenvalue weighted by Crippen LogP contribution is 2.38. The van der Waals surface area contributed by atoms with E-state index in [9.17, 15) is 19.8 Å². The second-order valence-corrected chi connectivity index (χ2v) is 20.2. The zero-order valence-electron chi connectivity index (χ0n) is 44.5. The highest BCUT2D eigenvalue weighted by atomic mass is 35.5. The van der Waals surface area contributed by atoms with E-state index in [1.165, 1.54) is 0 Å². The molecule has 0 amide bonds. The fourth-order valence-electron chi connectivity index (χ4n) is 9.23. The van der Waals surface area contributed by atoms with Crippen LogP contribution >= 0.6 is 23.2 Å². The first kappa shape index (κ1) is 56.3. The van der Waals surface area contributed by atoms with E-state index in [-0.39, 0.29) is 45.9 Å². The first-order chi connectivity index (χ1) is 38.9. The molecule has 2 unspecified atom stereocenters. The summed E-state index contributed by atoms with van der Waals surface area (Å²) in [5, 5.41) is 27.4. The lowest BCUT2D eigenvalue weighted by molar-refractivity contribution is -0.140. The minimum Gasteiger partial charge on any atom is -0.488 e. The maximum atomic E-state index is 12.4. The minimum absolute atomic E-state index is 0.161. The molecule has 0 bridgehead atoms. The molecule has 0 aliphatic carbocycles. The lowest BCUT2D eigenvalue weighted by atomic mass is 9.92. The van der Waals surface area contributed by atoms with Gasteiger partial charge in [-0.15, -0.1) is 0 Å². The summed E-state index contributed by atoms with van der Waals surface area (Å²) in [7, 11) is 1.70. The molecule has 0 radical (unpaired) electrons. The number of halogens is 2. The Morgan fingerprint density at radius 2 is 1.02 bits per heavy atom. The normalized spacial score (nSPS) is 12.6. The summed E-state index contributed by atoms with van der Waals surface area (Å²) in [4.78, 5) is 42.0. The predicted octanol–water partition coefficient (Wildman–Crippen LogP) is 11.8. The molecule has 1 aliphatic rings. The van der Waals surface area contributed by atoms with Crippen LogP contribution in [0.5, 0.6) is 23.0 Å². The average Bonchev–Trinajstić information content (AvgIpc) is 4.33. The fourth-order valence-corrected chi connectivity index (χ4v) is 9.71. The number of pyridine rings is 2. The third-order valence-electron chi connectivity index (χ3n) is 13.7. The first-order valence-electron chi connectivity index (χ1n) is 26.1. The van der Waals surface area contributed by atoms with Crippen molar-refractivity contribution < 1.29 is 38.7 Å². The van der Waals surface area contributed by atoms with Crippen LogP contribution in [0.1, 0.15) is 66.8 Å². The summed E-state index contributed by atoms with van der Waals surface area (Å²) in [5.74, 6) is -0.186. The molecule has 9 rings (SSSR count). The molecule has 6 aromatic carbocycles. The predicted molar refractivity (Wildman–Crippen MR) is 312 cm³/mol. The van der Waals surface area contributed by atoms with Gasteiger partial charge < -0.3 is 29.2 Å². The molecule has 8 aromatic rings. The van der Waals surface area contributed by atoms with Crippen LogP contribution in [-0.2, 0) is 61.9 Å². The zero-order chi connectivity index (χ0) is 56.0. The fraction of sp³-hybridized carbons (Fsp3) is 0.219. The third kappa shape index (κ3) is 15.0. The molecule has 4 N–H and O–H groups in total. The monoisotopic (exact) mass is 1110 g/mol. The molecule has 2 aromatic heterocycles. The summed E-state index contributed by atoms with van der Waals surface area (Å²) in [5.41, 5.74) is 13.5. The largest absolute Gasteiger partial charge is 0.488 e. The van der Waals surface area contributed by atoms with Gasteiger partial charge in [0.05, 0.1) is 22.3 Å². The van der Waals surface area contributed by atoms with E-state index in [2.05, 4.69) is 56.6 Å². The van der Waals surface area contributed by atoms with Gasteiger partial charge in [-0.1, -0.05) is 120 Å². The molecule has 0 spiro atoms. The number of carbonyl (C=O) groups is 2. The third-order valence-corrected chi connectivity index (χ3v) is 14.3. The molecule has 1 aliphatic heterocycles. The Kier molecular flexibility index (Phi) is 19.0. The summed E-state index contributed by atoms with van der Waals surface area (Å²) >= 11 is 13.9. The molecule has 3 heterocycles. The number of aliphatic imine (C=N–C) groups is 2. The van der Waals surface area contributed by atoms with Gasteiger partial charge in [0.2, 0.25) is 0 Å². The number of hydrogen-bond acceptors (Lipinski definition) is 12. The van der Waals surface area contributed by atoms with Crippen molar-refractivity contribution in [1.82, 2.24) is 20.6 Å². The molecule has 80 heavy (non-hydrogen) atoms. The number of carboxylic acid groups (broad SMARTS) is 2. The molecule has 0 fully saturated rings. The quantitative estimate of drug-likeness (QED) is 0.0358. The number of carboxylic acids is 2.